The van der Waals surface area contributed by atoms with E-state index >= 15 is 0 Å². The van der Waals surface area contributed by atoms with Crippen LogP contribution in [0.4, 0.5) is 0 Å². The summed E-state index contributed by atoms with van der Waals surface area (Å²) in [5.74, 6) is 0.922. The van der Waals surface area contributed by atoms with Crippen molar-refractivity contribution in [3.05, 3.63) is 36.3 Å². The molecule has 80 valence electrons. The van der Waals surface area contributed by atoms with Gasteiger partial charge in [-0.05, 0) is 6.92 Å². The third-order valence-corrected chi connectivity index (χ3v) is 2.31. The zero-order chi connectivity index (χ0) is 10.7. The zero-order valence-electron chi connectivity index (χ0n) is 8.73. The van der Waals surface area contributed by atoms with Crippen LogP contribution in [0.25, 0.3) is 10.8 Å². The lowest BCUT2D eigenvalue weighted by atomic mass is 10.2. The van der Waals surface area contributed by atoms with Gasteiger partial charge in [0.1, 0.15) is 5.76 Å². The van der Waals surface area contributed by atoms with E-state index in [9.17, 15) is 0 Å². The molecule has 3 nitrogen and oxygen atoms in total. The average molecular weight is 205 g/mol. The summed E-state index contributed by atoms with van der Waals surface area (Å²) in [4.78, 5) is 0. The van der Waals surface area contributed by atoms with Crippen molar-refractivity contribution in [2.45, 2.75) is 19.6 Å². The van der Waals surface area contributed by atoms with Crippen LogP contribution in [0.1, 0.15) is 12.7 Å². The van der Waals surface area contributed by atoms with Gasteiger partial charge in [0.25, 0.3) is 0 Å². The molecule has 1 atom stereocenters. The fraction of sp³-hybridized carbons (Fsp3) is 0.333. The molecule has 2 N–H and O–H groups in total. The smallest absolute Gasteiger partial charge is 0.125 e. The number of benzene rings is 1. The molecular formula is C12H15NO2. The molecule has 0 aliphatic rings. The number of aliphatic hydroxyl groups is 1. The molecule has 1 unspecified atom stereocenters. The van der Waals surface area contributed by atoms with Crippen molar-refractivity contribution in [1.82, 2.24) is 5.32 Å². The lowest BCUT2D eigenvalue weighted by molar-refractivity contribution is 0.190. The van der Waals surface area contributed by atoms with Crippen LogP contribution in [0.3, 0.4) is 0 Å². The molecular weight excluding hydrogens is 190 g/mol. The maximum absolute atomic E-state index is 9.10. The molecule has 1 aromatic carbocycles. The normalized spacial score (nSPS) is 13.2. The van der Waals surface area contributed by atoms with Gasteiger partial charge < -0.3 is 14.8 Å². The van der Waals surface area contributed by atoms with E-state index in [0.717, 1.165) is 16.5 Å². The Bertz CT molecular complexity index is 434. The Morgan fingerprint density at radius 2 is 2.20 bits per heavy atom. The summed E-state index contributed by atoms with van der Waals surface area (Å²) < 4.78 is 5.45. The van der Waals surface area contributed by atoms with Gasteiger partial charge in [0.05, 0.1) is 18.9 Å². The highest BCUT2D eigenvalue weighted by Gasteiger charge is 2.04. The van der Waals surface area contributed by atoms with Crippen LogP contribution >= 0.6 is 0 Å². The highest BCUT2D eigenvalue weighted by atomic mass is 16.3. The summed E-state index contributed by atoms with van der Waals surface area (Å²) in [6, 6.07) is 8.05. The van der Waals surface area contributed by atoms with Crippen molar-refractivity contribution in [3.8, 4) is 0 Å². The first-order valence-corrected chi connectivity index (χ1v) is 5.11. The zero-order valence-corrected chi connectivity index (χ0v) is 8.73. The lowest BCUT2D eigenvalue weighted by Crippen LogP contribution is -2.23. The molecule has 0 bridgehead atoms. The fourth-order valence-electron chi connectivity index (χ4n) is 1.58. The van der Waals surface area contributed by atoms with Gasteiger partial charge in [0.15, 0.2) is 0 Å². The Morgan fingerprint density at radius 1 is 1.40 bits per heavy atom. The van der Waals surface area contributed by atoms with Crippen LogP contribution in [0.2, 0.25) is 0 Å². The Hall–Kier alpha value is -1.32. The molecule has 2 aromatic rings. The van der Waals surface area contributed by atoms with Gasteiger partial charge in [0, 0.05) is 17.3 Å². The van der Waals surface area contributed by atoms with Gasteiger partial charge in [-0.1, -0.05) is 24.3 Å². The standard InChI is InChI=1S/C12H15NO2/c1-9(14)6-13-7-12-11-5-3-2-4-10(11)8-15-12/h2-5,8-9,13-14H,6-7H2,1H3. The summed E-state index contributed by atoms with van der Waals surface area (Å²) in [6.45, 7) is 2.99. The SMILES string of the molecule is CC(O)CNCc1occ2ccccc12. The number of rotatable bonds is 4. The van der Waals surface area contributed by atoms with Crippen LogP contribution in [0.5, 0.6) is 0 Å². The first kappa shape index (κ1) is 10.2. The summed E-state index contributed by atoms with van der Waals surface area (Å²) >= 11 is 0. The van der Waals surface area contributed by atoms with E-state index in [2.05, 4.69) is 5.32 Å². The molecule has 0 amide bonds. The van der Waals surface area contributed by atoms with Crippen molar-refractivity contribution in [3.63, 3.8) is 0 Å². The van der Waals surface area contributed by atoms with E-state index in [-0.39, 0.29) is 6.10 Å². The molecule has 0 saturated carbocycles. The topological polar surface area (TPSA) is 45.4 Å². The molecule has 2 rings (SSSR count). The monoisotopic (exact) mass is 205 g/mol. The van der Waals surface area contributed by atoms with Gasteiger partial charge in [0.2, 0.25) is 0 Å². The first-order valence-electron chi connectivity index (χ1n) is 5.11. The molecule has 0 radical (unpaired) electrons. The maximum Gasteiger partial charge on any atom is 0.125 e. The highest BCUT2D eigenvalue weighted by molar-refractivity contribution is 5.83. The van der Waals surface area contributed by atoms with E-state index in [1.165, 1.54) is 0 Å². The molecule has 0 fully saturated rings. The Balaban J connectivity index is 2.08. The van der Waals surface area contributed by atoms with E-state index in [1.807, 2.05) is 24.3 Å². The van der Waals surface area contributed by atoms with Crippen molar-refractivity contribution < 1.29 is 9.52 Å². The van der Waals surface area contributed by atoms with Crippen LogP contribution in [-0.4, -0.2) is 17.8 Å². The molecule has 0 spiro atoms. The lowest BCUT2D eigenvalue weighted by Gasteiger charge is -2.04. The van der Waals surface area contributed by atoms with E-state index in [1.54, 1.807) is 13.2 Å². The summed E-state index contributed by atoms with van der Waals surface area (Å²) in [5, 5.41) is 14.5. The quantitative estimate of drug-likeness (QED) is 0.801. The first-order chi connectivity index (χ1) is 7.27. The molecule has 1 aromatic heterocycles. The van der Waals surface area contributed by atoms with Gasteiger partial charge in [-0.3, -0.25) is 0 Å². The van der Waals surface area contributed by atoms with Crippen molar-refractivity contribution >= 4 is 10.8 Å². The van der Waals surface area contributed by atoms with Crippen molar-refractivity contribution in [2.24, 2.45) is 0 Å². The molecule has 0 aliphatic heterocycles. The third-order valence-electron chi connectivity index (χ3n) is 2.31. The Kier molecular flexibility index (Phi) is 3.04. The Morgan fingerprint density at radius 3 is 3.00 bits per heavy atom. The van der Waals surface area contributed by atoms with Crippen LogP contribution in [0, 0.1) is 0 Å². The van der Waals surface area contributed by atoms with Gasteiger partial charge in [-0.25, -0.2) is 0 Å². The predicted molar refractivity (Wildman–Crippen MR) is 59.6 cm³/mol. The second-order valence-corrected chi connectivity index (χ2v) is 3.73. The van der Waals surface area contributed by atoms with Gasteiger partial charge >= 0.3 is 0 Å². The summed E-state index contributed by atoms with van der Waals surface area (Å²) in [7, 11) is 0. The van der Waals surface area contributed by atoms with Crippen LogP contribution < -0.4 is 5.32 Å². The Labute approximate surface area is 88.7 Å². The minimum atomic E-state index is -0.328. The second-order valence-electron chi connectivity index (χ2n) is 3.73. The summed E-state index contributed by atoms with van der Waals surface area (Å²) in [5.41, 5.74) is 0. The van der Waals surface area contributed by atoms with E-state index in [4.69, 9.17) is 9.52 Å². The number of fused-ring (bicyclic) bond motifs is 1. The van der Waals surface area contributed by atoms with Crippen molar-refractivity contribution in [2.75, 3.05) is 6.54 Å². The molecule has 0 aliphatic carbocycles. The molecule has 15 heavy (non-hydrogen) atoms. The number of furan rings is 1. The largest absolute Gasteiger partial charge is 0.467 e. The molecule has 1 heterocycles. The maximum atomic E-state index is 9.10. The summed E-state index contributed by atoms with van der Waals surface area (Å²) in [6.07, 6.45) is 1.43. The van der Waals surface area contributed by atoms with Crippen molar-refractivity contribution in [1.29, 1.82) is 0 Å². The van der Waals surface area contributed by atoms with Crippen LogP contribution in [0.15, 0.2) is 34.9 Å². The number of aliphatic hydroxyl groups excluding tert-OH is 1. The average Bonchev–Trinajstić information content (AvgIpc) is 2.62. The van der Waals surface area contributed by atoms with E-state index < -0.39 is 0 Å². The highest BCUT2D eigenvalue weighted by Crippen LogP contribution is 2.20. The van der Waals surface area contributed by atoms with Gasteiger partial charge in [-0.2, -0.15) is 0 Å². The second kappa shape index (κ2) is 4.47. The molecule has 3 heteroatoms. The van der Waals surface area contributed by atoms with Crippen LogP contribution in [-0.2, 0) is 6.54 Å². The van der Waals surface area contributed by atoms with E-state index in [0.29, 0.717) is 13.1 Å². The fourth-order valence-corrected chi connectivity index (χ4v) is 1.58. The minimum Gasteiger partial charge on any atom is -0.467 e. The number of hydrogen-bond acceptors (Lipinski definition) is 3. The number of hydrogen-bond donors (Lipinski definition) is 2. The number of nitrogens with one attached hydrogen (secondary N) is 1. The third kappa shape index (κ3) is 2.37. The molecule has 0 saturated heterocycles. The predicted octanol–water partition coefficient (Wildman–Crippen LogP) is 1.90. The minimum absolute atomic E-state index is 0.328. The van der Waals surface area contributed by atoms with Gasteiger partial charge in [-0.15, -0.1) is 0 Å².